The number of aromatic nitrogens is 3. The molecule has 0 aliphatic heterocycles. The van der Waals surface area contributed by atoms with E-state index in [1.807, 2.05) is 19.0 Å². The van der Waals surface area contributed by atoms with E-state index in [2.05, 4.69) is 36.4 Å². The van der Waals surface area contributed by atoms with Crippen LogP contribution in [-0.4, -0.2) is 53.2 Å². The molecular weight excluding hydrogens is 567 g/mol. The van der Waals surface area contributed by atoms with Gasteiger partial charge < -0.3 is 19.5 Å². The highest BCUT2D eigenvalue weighted by Gasteiger charge is 2.34. The number of ether oxygens (including phenoxy) is 1. The van der Waals surface area contributed by atoms with Crippen molar-refractivity contribution in [3.05, 3.63) is 76.2 Å². The molecule has 0 bridgehead atoms. The third-order valence-electron chi connectivity index (χ3n) is 5.40. The lowest BCUT2D eigenvalue weighted by molar-refractivity contribution is -0.137. The molecule has 0 aliphatic rings. The van der Waals surface area contributed by atoms with Gasteiger partial charge in [-0.1, -0.05) is 17.3 Å². The van der Waals surface area contributed by atoms with Crippen molar-refractivity contribution >= 4 is 27.5 Å². The van der Waals surface area contributed by atoms with Gasteiger partial charge in [-0.15, -0.1) is 0 Å². The van der Waals surface area contributed by atoms with E-state index in [9.17, 15) is 18.0 Å². The Balaban J connectivity index is 1.53. The molecule has 4 aromatic rings. The number of rotatable bonds is 8. The van der Waals surface area contributed by atoms with Gasteiger partial charge in [-0.3, -0.25) is 9.78 Å². The number of likely N-dealkylation sites (N-methyl/N-ethyl adjacent to an activating group) is 1. The summed E-state index contributed by atoms with van der Waals surface area (Å²) in [5.41, 5.74) is -0.0779. The average molecular weight is 590 g/mol. The van der Waals surface area contributed by atoms with Crippen molar-refractivity contribution in [2.45, 2.75) is 13.1 Å². The maximum atomic E-state index is 13.9. The molecule has 198 valence electrons. The van der Waals surface area contributed by atoms with Crippen LogP contribution in [0.2, 0.25) is 0 Å². The Kier molecular flexibility index (Phi) is 8.12. The van der Waals surface area contributed by atoms with Crippen molar-refractivity contribution in [1.82, 2.24) is 20.0 Å². The molecule has 1 amide bonds. The zero-order chi connectivity index (χ0) is 27.4. The summed E-state index contributed by atoms with van der Waals surface area (Å²) in [7, 11) is 3.86. The molecule has 0 saturated carbocycles. The monoisotopic (exact) mass is 589 g/mol. The van der Waals surface area contributed by atoms with Crippen LogP contribution in [0.25, 0.3) is 22.6 Å². The Morgan fingerprint density at radius 3 is 2.55 bits per heavy atom. The van der Waals surface area contributed by atoms with Gasteiger partial charge in [0.1, 0.15) is 12.4 Å². The van der Waals surface area contributed by atoms with E-state index in [0.717, 1.165) is 6.07 Å². The van der Waals surface area contributed by atoms with E-state index < -0.39 is 17.6 Å². The number of pyridine rings is 1. The first-order valence-corrected chi connectivity index (χ1v) is 12.2. The van der Waals surface area contributed by atoms with Crippen LogP contribution in [0.3, 0.4) is 0 Å². The number of carbonyl (C=O) groups excluding carboxylic acids is 1. The molecule has 0 aliphatic carbocycles. The minimum absolute atomic E-state index is 0.0600. The van der Waals surface area contributed by atoms with E-state index in [4.69, 9.17) is 9.26 Å². The number of anilines is 1. The summed E-state index contributed by atoms with van der Waals surface area (Å²) in [5.74, 6) is 0.408. The molecule has 12 heteroatoms. The topological polar surface area (TPSA) is 93.4 Å². The van der Waals surface area contributed by atoms with Gasteiger partial charge in [0.15, 0.2) is 0 Å². The number of nitrogens with one attached hydrogen (secondary N) is 1. The number of benzene rings is 2. The molecule has 8 nitrogen and oxygen atoms in total. The molecule has 2 heterocycles. The van der Waals surface area contributed by atoms with Crippen LogP contribution in [-0.2, 0) is 6.18 Å². The first kappa shape index (κ1) is 27.3. The number of nitrogens with zero attached hydrogens (tertiary/aromatic N) is 4. The molecule has 0 unspecified atom stereocenters. The summed E-state index contributed by atoms with van der Waals surface area (Å²) >= 11 is 3.41. The lowest BCUT2D eigenvalue weighted by Crippen LogP contribution is -2.19. The molecule has 4 rings (SSSR count). The SMILES string of the molecule is Cc1nc(-c2ccc(-c3ccc(NC(=O)c4ccc(Br)c(OCCN(C)C)c4)cn3)c(C(F)(F)F)c2)no1. The summed E-state index contributed by atoms with van der Waals surface area (Å²) < 4.78 is 53.0. The molecule has 1 N–H and O–H groups in total. The van der Waals surface area contributed by atoms with Crippen LogP contribution in [0.1, 0.15) is 21.8 Å². The highest BCUT2D eigenvalue weighted by atomic mass is 79.9. The quantitative estimate of drug-likeness (QED) is 0.266. The molecule has 0 saturated heterocycles. The maximum Gasteiger partial charge on any atom is 0.417 e. The van der Waals surface area contributed by atoms with Gasteiger partial charge in [0.25, 0.3) is 5.91 Å². The van der Waals surface area contributed by atoms with E-state index >= 15 is 0 Å². The molecule has 0 radical (unpaired) electrons. The van der Waals surface area contributed by atoms with Crippen LogP contribution in [0.4, 0.5) is 18.9 Å². The van der Waals surface area contributed by atoms with Crippen molar-refractivity contribution in [2.75, 3.05) is 32.6 Å². The third-order valence-corrected chi connectivity index (χ3v) is 6.05. The summed E-state index contributed by atoms with van der Waals surface area (Å²) in [6.45, 7) is 2.70. The van der Waals surface area contributed by atoms with Gasteiger partial charge >= 0.3 is 6.18 Å². The largest absolute Gasteiger partial charge is 0.491 e. The first-order valence-electron chi connectivity index (χ1n) is 11.4. The Morgan fingerprint density at radius 1 is 1.13 bits per heavy atom. The second-order valence-corrected chi connectivity index (χ2v) is 9.43. The Hall–Kier alpha value is -3.77. The third kappa shape index (κ3) is 6.56. The fraction of sp³-hybridized carbons (Fsp3) is 0.231. The lowest BCUT2D eigenvalue weighted by Gasteiger charge is -2.14. The van der Waals surface area contributed by atoms with E-state index in [1.165, 1.54) is 30.5 Å². The van der Waals surface area contributed by atoms with Crippen molar-refractivity contribution in [3.63, 3.8) is 0 Å². The predicted molar refractivity (Wildman–Crippen MR) is 139 cm³/mol. The minimum atomic E-state index is -4.65. The second-order valence-electron chi connectivity index (χ2n) is 8.58. The number of carbonyl (C=O) groups is 1. The Morgan fingerprint density at radius 2 is 1.92 bits per heavy atom. The Labute approximate surface area is 225 Å². The molecule has 2 aromatic heterocycles. The van der Waals surface area contributed by atoms with E-state index in [1.54, 1.807) is 25.1 Å². The number of amides is 1. The first-order chi connectivity index (χ1) is 18.0. The summed E-state index contributed by atoms with van der Waals surface area (Å²) in [6.07, 6.45) is -3.34. The lowest BCUT2D eigenvalue weighted by atomic mass is 10.00. The second kappa shape index (κ2) is 11.3. The highest BCUT2D eigenvalue weighted by Crippen LogP contribution is 2.38. The zero-order valence-electron chi connectivity index (χ0n) is 20.6. The van der Waals surface area contributed by atoms with Gasteiger partial charge in [-0.25, -0.2) is 0 Å². The van der Waals surface area contributed by atoms with Crippen molar-refractivity contribution in [3.8, 4) is 28.4 Å². The summed E-state index contributed by atoms with van der Waals surface area (Å²) in [4.78, 5) is 22.9. The summed E-state index contributed by atoms with van der Waals surface area (Å²) in [5, 5.41) is 6.39. The smallest absolute Gasteiger partial charge is 0.417 e. The maximum absolute atomic E-state index is 13.9. The van der Waals surface area contributed by atoms with Crippen molar-refractivity contribution in [2.24, 2.45) is 0 Å². The fourth-order valence-electron chi connectivity index (χ4n) is 3.48. The normalized spacial score (nSPS) is 11.6. The van der Waals surface area contributed by atoms with Gasteiger partial charge in [0.2, 0.25) is 11.7 Å². The van der Waals surface area contributed by atoms with Gasteiger partial charge in [-0.05, 0) is 66.4 Å². The molecule has 0 atom stereocenters. The molecule has 0 fully saturated rings. The standard InChI is InChI=1S/C26H23BrF3N5O3/c1-15-32-24(34-38-15)16-4-7-19(20(12-16)26(28,29)30)22-9-6-18(14-31-22)33-25(36)17-5-8-21(27)23(13-17)37-11-10-35(2)3/h4-9,12-14H,10-11H2,1-3H3,(H,33,36). The van der Waals surface area contributed by atoms with Crippen LogP contribution in [0.15, 0.2) is 63.7 Å². The highest BCUT2D eigenvalue weighted by molar-refractivity contribution is 9.10. The van der Waals surface area contributed by atoms with Crippen molar-refractivity contribution in [1.29, 1.82) is 0 Å². The number of aryl methyl sites for hydroxylation is 1. The van der Waals surface area contributed by atoms with Crippen LogP contribution in [0, 0.1) is 6.92 Å². The Bertz CT molecular complexity index is 1440. The van der Waals surface area contributed by atoms with Crippen LogP contribution >= 0.6 is 15.9 Å². The number of alkyl halides is 3. The molecule has 0 spiro atoms. The van der Waals surface area contributed by atoms with Gasteiger partial charge in [-0.2, -0.15) is 18.2 Å². The van der Waals surface area contributed by atoms with E-state index in [0.29, 0.717) is 34.6 Å². The average Bonchev–Trinajstić information content (AvgIpc) is 3.31. The predicted octanol–water partition coefficient (Wildman–Crippen LogP) is 6.08. The fourth-order valence-corrected chi connectivity index (χ4v) is 3.84. The van der Waals surface area contributed by atoms with Gasteiger partial charge in [0.05, 0.1) is 27.6 Å². The van der Waals surface area contributed by atoms with Crippen LogP contribution in [0.5, 0.6) is 5.75 Å². The molecular formula is C26H23BrF3N5O3. The van der Waals surface area contributed by atoms with Crippen molar-refractivity contribution < 1.29 is 27.2 Å². The zero-order valence-corrected chi connectivity index (χ0v) is 22.2. The number of hydrogen-bond acceptors (Lipinski definition) is 7. The number of hydrogen-bond donors (Lipinski definition) is 1. The van der Waals surface area contributed by atoms with Crippen LogP contribution < -0.4 is 10.1 Å². The number of halogens is 4. The van der Waals surface area contributed by atoms with E-state index in [-0.39, 0.29) is 28.5 Å². The van der Waals surface area contributed by atoms with Gasteiger partial charge in [0, 0.05) is 30.2 Å². The molecule has 38 heavy (non-hydrogen) atoms. The minimum Gasteiger partial charge on any atom is -0.491 e. The molecule has 2 aromatic carbocycles. The summed E-state index contributed by atoms with van der Waals surface area (Å²) in [6, 6.07) is 11.6.